The van der Waals surface area contributed by atoms with E-state index in [0.29, 0.717) is 12.4 Å². The second kappa shape index (κ2) is 6.41. The third-order valence-electron chi connectivity index (χ3n) is 2.88. The van der Waals surface area contributed by atoms with Crippen molar-refractivity contribution in [3.05, 3.63) is 48.0 Å². The van der Waals surface area contributed by atoms with Crippen molar-refractivity contribution in [2.75, 3.05) is 12.4 Å². The Labute approximate surface area is 112 Å². The maximum absolute atomic E-state index is 12.1. The summed E-state index contributed by atoms with van der Waals surface area (Å²) in [5.41, 5.74) is 0.735. The maximum atomic E-state index is 12.1. The molecule has 2 nitrogen and oxygen atoms in total. The van der Waals surface area contributed by atoms with Gasteiger partial charge in [0.15, 0.2) is 0 Å². The lowest BCUT2D eigenvalue weighted by Crippen LogP contribution is -2.24. The van der Waals surface area contributed by atoms with Crippen molar-refractivity contribution in [3.63, 3.8) is 0 Å². The number of halogens is 1. The van der Waals surface area contributed by atoms with Crippen molar-refractivity contribution in [1.82, 2.24) is 5.32 Å². The highest BCUT2D eigenvalue weighted by Crippen LogP contribution is 2.18. The molecule has 94 valence electrons. The number of nitrogens with one attached hydrogen (secondary N) is 1. The van der Waals surface area contributed by atoms with Gasteiger partial charge in [0.2, 0.25) is 0 Å². The molecular weight excluding hydrogens is 246 g/mol. The first-order valence-electron chi connectivity index (χ1n) is 6.15. The Morgan fingerprint density at radius 2 is 1.83 bits per heavy atom. The lowest BCUT2D eigenvalue weighted by molar-refractivity contribution is 0.0955. The predicted molar refractivity (Wildman–Crippen MR) is 76.2 cm³/mol. The zero-order valence-electron chi connectivity index (χ0n) is 10.2. The SMILES string of the molecule is O=C(NCCCCCl)c1cccc2ccccc12. The van der Waals surface area contributed by atoms with E-state index in [1.165, 1.54) is 0 Å². The van der Waals surface area contributed by atoms with Crippen molar-refractivity contribution in [2.45, 2.75) is 12.8 Å². The van der Waals surface area contributed by atoms with Gasteiger partial charge in [-0.15, -0.1) is 11.6 Å². The fourth-order valence-corrected chi connectivity index (χ4v) is 2.13. The van der Waals surface area contributed by atoms with E-state index in [0.717, 1.165) is 29.2 Å². The van der Waals surface area contributed by atoms with Crippen LogP contribution in [0.4, 0.5) is 0 Å². The maximum Gasteiger partial charge on any atom is 0.251 e. The quantitative estimate of drug-likeness (QED) is 0.647. The van der Waals surface area contributed by atoms with Gasteiger partial charge in [0.05, 0.1) is 0 Å². The second-order valence-corrected chi connectivity index (χ2v) is 4.56. The van der Waals surface area contributed by atoms with Crippen LogP contribution in [0.3, 0.4) is 0 Å². The van der Waals surface area contributed by atoms with E-state index in [2.05, 4.69) is 5.32 Å². The zero-order chi connectivity index (χ0) is 12.8. The molecule has 2 rings (SSSR count). The molecule has 0 radical (unpaired) electrons. The standard InChI is InChI=1S/C15H16ClNO/c16-10-3-4-11-17-15(18)14-9-5-7-12-6-1-2-8-13(12)14/h1-2,5-9H,3-4,10-11H2,(H,17,18). The van der Waals surface area contributed by atoms with Crippen LogP contribution in [0.15, 0.2) is 42.5 Å². The first kappa shape index (κ1) is 12.9. The number of unbranched alkanes of at least 4 members (excludes halogenated alkanes) is 1. The Morgan fingerprint density at radius 1 is 1.06 bits per heavy atom. The molecule has 0 saturated carbocycles. The third-order valence-corrected chi connectivity index (χ3v) is 3.15. The molecular formula is C15H16ClNO. The number of hydrogen-bond acceptors (Lipinski definition) is 1. The Balaban J connectivity index is 2.13. The van der Waals surface area contributed by atoms with Crippen LogP contribution in [0.25, 0.3) is 10.8 Å². The lowest BCUT2D eigenvalue weighted by atomic mass is 10.0. The average Bonchev–Trinajstić information content (AvgIpc) is 2.43. The van der Waals surface area contributed by atoms with Crippen molar-refractivity contribution in [2.24, 2.45) is 0 Å². The minimum absolute atomic E-state index is 0.0126. The third kappa shape index (κ3) is 3.02. The average molecular weight is 262 g/mol. The summed E-state index contributed by atoms with van der Waals surface area (Å²) in [4.78, 5) is 12.1. The highest BCUT2D eigenvalue weighted by molar-refractivity contribution is 6.17. The van der Waals surface area contributed by atoms with Gasteiger partial charge in [-0.25, -0.2) is 0 Å². The van der Waals surface area contributed by atoms with Gasteiger partial charge < -0.3 is 5.32 Å². The van der Waals surface area contributed by atoms with Crippen LogP contribution in [0.5, 0.6) is 0 Å². The van der Waals surface area contributed by atoms with Crippen LogP contribution >= 0.6 is 11.6 Å². The topological polar surface area (TPSA) is 29.1 Å². The van der Waals surface area contributed by atoms with Gasteiger partial charge in [-0.3, -0.25) is 4.79 Å². The van der Waals surface area contributed by atoms with Gasteiger partial charge in [-0.05, 0) is 29.7 Å². The normalized spacial score (nSPS) is 10.5. The first-order valence-corrected chi connectivity index (χ1v) is 6.68. The van der Waals surface area contributed by atoms with Crippen molar-refractivity contribution in [1.29, 1.82) is 0 Å². The number of hydrogen-bond donors (Lipinski definition) is 1. The van der Waals surface area contributed by atoms with E-state index in [1.807, 2.05) is 42.5 Å². The summed E-state index contributed by atoms with van der Waals surface area (Å²) < 4.78 is 0. The van der Waals surface area contributed by atoms with E-state index < -0.39 is 0 Å². The van der Waals surface area contributed by atoms with E-state index in [4.69, 9.17) is 11.6 Å². The molecule has 2 aromatic rings. The summed E-state index contributed by atoms with van der Waals surface area (Å²) in [5.74, 6) is 0.630. The number of carbonyl (C=O) groups is 1. The second-order valence-electron chi connectivity index (χ2n) is 4.18. The molecule has 2 aromatic carbocycles. The highest BCUT2D eigenvalue weighted by Gasteiger charge is 2.08. The van der Waals surface area contributed by atoms with Crippen molar-refractivity contribution >= 4 is 28.3 Å². The van der Waals surface area contributed by atoms with Crippen LogP contribution < -0.4 is 5.32 Å². The van der Waals surface area contributed by atoms with E-state index in [9.17, 15) is 4.79 Å². The largest absolute Gasteiger partial charge is 0.352 e. The van der Waals surface area contributed by atoms with Gasteiger partial charge in [-0.2, -0.15) is 0 Å². The molecule has 1 N–H and O–H groups in total. The Kier molecular flexibility index (Phi) is 4.59. The fraction of sp³-hybridized carbons (Fsp3) is 0.267. The first-order chi connectivity index (χ1) is 8.83. The van der Waals surface area contributed by atoms with Crippen LogP contribution in [-0.4, -0.2) is 18.3 Å². The lowest BCUT2D eigenvalue weighted by Gasteiger charge is -2.07. The molecule has 0 aliphatic rings. The Hall–Kier alpha value is -1.54. The Morgan fingerprint density at radius 3 is 2.67 bits per heavy atom. The van der Waals surface area contributed by atoms with Crippen LogP contribution in [0.1, 0.15) is 23.2 Å². The summed E-state index contributed by atoms with van der Waals surface area (Å²) in [6, 6.07) is 13.7. The summed E-state index contributed by atoms with van der Waals surface area (Å²) in [6.45, 7) is 0.675. The minimum Gasteiger partial charge on any atom is -0.352 e. The van der Waals surface area contributed by atoms with Gasteiger partial charge >= 0.3 is 0 Å². The summed E-state index contributed by atoms with van der Waals surface area (Å²) in [6.07, 6.45) is 1.84. The molecule has 18 heavy (non-hydrogen) atoms. The molecule has 0 aromatic heterocycles. The number of benzene rings is 2. The van der Waals surface area contributed by atoms with E-state index in [-0.39, 0.29) is 5.91 Å². The molecule has 0 bridgehead atoms. The molecule has 0 heterocycles. The van der Waals surface area contributed by atoms with Crippen LogP contribution in [0, 0.1) is 0 Å². The van der Waals surface area contributed by atoms with Gasteiger partial charge in [-0.1, -0.05) is 36.4 Å². The van der Waals surface area contributed by atoms with Crippen LogP contribution in [0.2, 0.25) is 0 Å². The number of alkyl halides is 1. The number of rotatable bonds is 5. The number of carbonyl (C=O) groups excluding carboxylic acids is 1. The molecule has 0 aliphatic heterocycles. The molecule has 0 saturated heterocycles. The molecule has 0 aliphatic carbocycles. The molecule has 0 spiro atoms. The van der Waals surface area contributed by atoms with Crippen LogP contribution in [-0.2, 0) is 0 Å². The fourth-order valence-electron chi connectivity index (χ4n) is 1.94. The van der Waals surface area contributed by atoms with Gasteiger partial charge in [0, 0.05) is 18.0 Å². The Bertz CT molecular complexity index is 534. The van der Waals surface area contributed by atoms with Crippen molar-refractivity contribution < 1.29 is 4.79 Å². The molecule has 3 heteroatoms. The number of amides is 1. The molecule has 1 amide bonds. The van der Waals surface area contributed by atoms with E-state index >= 15 is 0 Å². The minimum atomic E-state index is -0.0126. The van der Waals surface area contributed by atoms with Crippen molar-refractivity contribution in [3.8, 4) is 0 Å². The molecule has 0 fully saturated rings. The monoisotopic (exact) mass is 261 g/mol. The zero-order valence-corrected chi connectivity index (χ0v) is 10.9. The summed E-state index contributed by atoms with van der Waals surface area (Å²) in [7, 11) is 0. The smallest absolute Gasteiger partial charge is 0.251 e. The summed E-state index contributed by atoms with van der Waals surface area (Å²) in [5, 5.41) is 5.01. The molecule has 0 unspecified atom stereocenters. The number of fused-ring (bicyclic) bond motifs is 1. The summed E-state index contributed by atoms with van der Waals surface area (Å²) >= 11 is 5.60. The van der Waals surface area contributed by atoms with Gasteiger partial charge in [0.1, 0.15) is 0 Å². The van der Waals surface area contributed by atoms with Gasteiger partial charge in [0.25, 0.3) is 5.91 Å². The molecule has 0 atom stereocenters. The highest BCUT2D eigenvalue weighted by atomic mass is 35.5. The van der Waals surface area contributed by atoms with E-state index in [1.54, 1.807) is 0 Å². The predicted octanol–water partition coefficient (Wildman–Crippen LogP) is 3.59.